The van der Waals surface area contributed by atoms with Gasteiger partial charge in [0.25, 0.3) is 5.91 Å². The molecule has 196 valence electrons. The minimum absolute atomic E-state index is 0.0111. The third-order valence-electron chi connectivity index (χ3n) is 7.16. The Bertz CT molecular complexity index is 1310. The molecular weight excluding hydrogens is 477 g/mol. The van der Waals surface area contributed by atoms with E-state index in [9.17, 15) is 19.1 Å². The lowest BCUT2D eigenvalue weighted by Crippen LogP contribution is -2.46. The van der Waals surface area contributed by atoms with E-state index in [0.29, 0.717) is 77.5 Å². The van der Waals surface area contributed by atoms with E-state index in [1.807, 2.05) is 0 Å². The van der Waals surface area contributed by atoms with E-state index in [1.165, 1.54) is 25.4 Å². The van der Waals surface area contributed by atoms with E-state index < -0.39 is 11.9 Å². The number of aliphatic hydroxyl groups excluding tert-OH is 1. The highest BCUT2D eigenvalue weighted by atomic mass is 19.1. The SMILES string of the molecule is Cc1[nH]c2c(-c3cc(F)ccc3OCC3CC3)ncnc2c1C(=O)NC1CCC(NC(=O)[C@H](C)O)CC1. The Morgan fingerprint density at radius 1 is 1.14 bits per heavy atom. The van der Waals surface area contributed by atoms with Crippen LogP contribution in [0.25, 0.3) is 22.3 Å². The van der Waals surface area contributed by atoms with Crippen LogP contribution < -0.4 is 15.4 Å². The lowest BCUT2D eigenvalue weighted by molar-refractivity contribution is -0.129. The summed E-state index contributed by atoms with van der Waals surface area (Å²) < 4.78 is 20.2. The summed E-state index contributed by atoms with van der Waals surface area (Å²) in [4.78, 5) is 37.1. The van der Waals surface area contributed by atoms with Crippen LogP contribution in [0.5, 0.6) is 5.75 Å². The van der Waals surface area contributed by atoms with Crippen LogP contribution in [0.4, 0.5) is 4.39 Å². The molecule has 0 aliphatic heterocycles. The second kappa shape index (κ2) is 10.5. The fourth-order valence-electron chi connectivity index (χ4n) is 4.87. The number of fused-ring (bicyclic) bond motifs is 1. The Hall–Kier alpha value is -3.53. The fourth-order valence-corrected chi connectivity index (χ4v) is 4.87. The number of aliphatic hydroxyl groups is 1. The molecule has 2 saturated carbocycles. The van der Waals surface area contributed by atoms with Crippen LogP contribution in [0.3, 0.4) is 0 Å². The highest BCUT2D eigenvalue weighted by Crippen LogP contribution is 2.37. The maximum Gasteiger partial charge on any atom is 0.255 e. The van der Waals surface area contributed by atoms with E-state index in [0.717, 1.165) is 12.8 Å². The number of aromatic amines is 1. The van der Waals surface area contributed by atoms with Gasteiger partial charge in [-0.2, -0.15) is 0 Å². The van der Waals surface area contributed by atoms with Crippen molar-refractivity contribution in [2.45, 2.75) is 70.6 Å². The molecule has 9 nitrogen and oxygen atoms in total. The lowest BCUT2D eigenvalue weighted by atomic mass is 9.90. The molecule has 1 aromatic carbocycles. The number of nitrogens with zero attached hydrogens (tertiary/aromatic N) is 2. The Balaban J connectivity index is 1.35. The molecule has 4 N–H and O–H groups in total. The zero-order valence-electron chi connectivity index (χ0n) is 21.0. The first kappa shape index (κ1) is 25.1. The lowest BCUT2D eigenvalue weighted by Gasteiger charge is -2.30. The molecule has 37 heavy (non-hydrogen) atoms. The molecule has 2 heterocycles. The van der Waals surface area contributed by atoms with Gasteiger partial charge in [-0.1, -0.05) is 0 Å². The normalized spacial score (nSPS) is 20.4. The van der Waals surface area contributed by atoms with Crippen LogP contribution in [0.15, 0.2) is 24.5 Å². The zero-order chi connectivity index (χ0) is 26.1. The number of hydrogen-bond donors (Lipinski definition) is 4. The van der Waals surface area contributed by atoms with E-state index in [-0.39, 0.29) is 23.9 Å². The number of amides is 2. The Kier molecular flexibility index (Phi) is 7.10. The minimum atomic E-state index is -1.04. The van der Waals surface area contributed by atoms with Crippen molar-refractivity contribution >= 4 is 22.8 Å². The van der Waals surface area contributed by atoms with Crippen LogP contribution in [-0.2, 0) is 4.79 Å². The van der Waals surface area contributed by atoms with E-state index in [4.69, 9.17) is 4.74 Å². The minimum Gasteiger partial charge on any atom is -0.493 e. The van der Waals surface area contributed by atoms with Crippen LogP contribution in [0, 0.1) is 18.7 Å². The number of ether oxygens (including phenoxy) is 1. The topological polar surface area (TPSA) is 129 Å². The van der Waals surface area contributed by atoms with Crippen molar-refractivity contribution in [3.8, 4) is 17.0 Å². The molecule has 2 aliphatic carbocycles. The van der Waals surface area contributed by atoms with Crippen molar-refractivity contribution in [3.05, 3.63) is 41.6 Å². The third kappa shape index (κ3) is 5.58. The number of aromatic nitrogens is 3. The van der Waals surface area contributed by atoms with Crippen molar-refractivity contribution in [3.63, 3.8) is 0 Å². The van der Waals surface area contributed by atoms with Gasteiger partial charge in [0.05, 0.1) is 17.7 Å². The molecule has 5 rings (SSSR count). The Labute approximate surface area is 214 Å². The predicted octanol–water partition coefficient (Wildman–Crippen LogP) is 3.40. The van der Waals surface area contributed by atoms with Crippen molar-refractivity contribution in [2.24, 2.45) is 5.92 Å². The van der Waals surface area contributed by atoms with Crippen LogP contribution in [0.1, 0.15) is 61.5 Å². The van der Waals surface area contributed by atoms with Gasteiger partial charge in [0.2, 0.25) is 5.91 Å². The number of benzene rings is 1. The molecule has 0 radical (unpaired) electrons. The van der Waals surface area contributed by atoms with Crippen LogP contribution in [0.2, 0.25) is 0 Å². The average molecular weight is 510 g/mol. The standard InChI is InChI=1S/C27H32FN5O4/c1-14-22(27(36)33-19-8-6-18(7-9-19)32-26(35)15(2)34)24-25(31-14)23(29-13-30-24)20-11-17(28)5-10-21(20)37-12-16-3-4-16/h5,10-11,13,15-16,18-19,31,34H,3-4,6-9,12H2,1-2H3,(H,32,35)(H,33,36)/t15-,18?,19?/m0/s1. The van der Waals surface area contributed by atoms with Gasteiger partial charge < -0.3 is 25.5 Å². The summed E-state index contributed by atoms with van der Waals surface area (Å²) in [6, 6.07) is 4.33. The van der Waals surface area contributed by atoms with Gasteiger partial charge in [-0.15, -0.1) is 0 Å². The van der Waals surface area contributed by atoms with E-state index in [2.05, 4.69) is 25.6 Å². The monoisotopic (exact) mass is 509 g/mol. The van der Waals surface area contributed by atoms with Gasteiger partial charge in [0.1, 0.15) is 35.2 Å². The number of H-pyrrole nitrogens is 1. The van der Waals surface area contributed by atoms with Crippen LogP contribution in [-0.4, -0.2) is 56.7 Å². The number of carbonyl (C=O) groups is 2. The number of nitrogens with one attached hydrogen (secondary N) is 3. The van der Waals surface area contributed by atoms with Crippen molar-refractivity contribution in [1.82, 2.24) is 25.6 Å². The molecule has 0 saturated heterocycles. The first-order valence-electron chi connectivity index (χ1n) is 12.9. The van der Waals surface area contributed by atoms with Gasteiger partial charge in [-0.25, -0.2) is 14.4 Å². The largest absolute Gasteiger partial charge is 0.493 e. The number of aryl methyl sites for hydroxylation is 1. The summed E-state index contributed by atoms with van der Waals surface area (Å²) in [6.45, 7) is 3.82. The molecule has 3 aromatic rings. The Morgan fingerprint density at radius 3 is 2.51 bits per heavy atom. The van der Waals surface area contributed by atoms with Crippen LogP contribution >= 0.6 is 0 Å². The summed E-state index contributed by atoms with van der Waals surface area (Å²) in [5.41, 5.74) is 3.08. The molecule has 0 unspecified atom stereocenters. The molecule has 2 fully saturated rings. The van der Waals surface area contributed by atoms with Gasteiger partial charge in [-0.3, -0.25) is 9.59 Å². The molecule has 0 bridgehead atoms. The summed E-state index contributed by atoms with van der Waals surface area (Å²) in [5, 5.41) is 15.4. The third-order valence-corrected chi connectivity index (χ3v) is 7.16. The molecule has 2 aromatic heterocycles. The molecule has 2 aliphatic rings. The number of carbonyl (C=O) groups excluding carboxylic acids is 2. The van der Waals surface area contributed by atoms with Gasteiger partial charge in [0.15, 0.2) is 0 Å². The molecular formula is C27H32FN5O4. The van der Waals surface area contributed by atoms with Crippen molar-refractivity contribution in [2.75, 3.05) is 6.61 Å². The zero-order valence-corrected chi connectivity index (χ0v) is 21.0. The summed E-state index contributed by atoms with van der Waals surface area (Å²) >= 11 is 0. The smallest absolute Gasteiger partial charge is 0.255 e. The summed E-state index contributed by atoms with van der Waals surface area (Å²) in [5.74, 6) is 0.0649. The predicted molar refractivity (Wildman–Crippen MR) is 136 cm³/mol. The Morgan fingerprint density at radius 2 is 1.84 bits per heavy atom. The van der Waals surface area contributed by atoms with Crippen molar-refractivity contribution in [1.29, 1.82) is 0 Å². The highest BCUT2D eigenvalue weighted by molar-refractivity contribution is 6.09. The molecule has 2 amide bonds. The second-order valence-electron chi connectivity index (χ2n) is 10.2. The second-order valence-corrected chi connectivity index (χ2v) is 10.2. The molecule has 10 heteroatoms. The number of hydrogen-bond acceptors (Lipinski definition) is 6. The maximum atomic E-state index is 14.2. The molecule has 0 spiro atoms. The quantitative estimate of drug-likeness (QED) is 0.368. The number of halogens is 1. The van der Waals surface area contributed by atoms with Gasteiger partial charge in [-0.05, 0) is 76.5 Å². The van der Waals surface area contributed by atoms with Gasteiger partial charge >= 0.3 is 0 Å². The average Bonchev–Trinajstić information content (AvgIpc) is 3.63. The maximum absolute atomic E-state index is 14.2. The van der Waals surface area contributed by atoms with Crippen molar-refractivity contribution < 1.29 is 23.8 Å². The highest BCUT2D eigenvalue weighted by Gasteiger charge is 2.28. The summed E-state index contributed by atoms with van der Waals surface area (Å²) in [7, 11) is 0. The number of rotatable bonds is 8. The summed E-state index contributed by atoms with van der Waals surface area (Å²) in [6.07, 6.45) is 5.47. The molecule has 1 atom stereocenters. The van der Waals surface area contributed by atoms with Gasteiger partial charge in [0, 0.05) is 23.3 Å². The first-order valence-corrected chi connectivity index (χ1v) is 12.9. The first-order chi connectivity index (χ1) is 17.8. The fraction of sp³-hybridized carbons (Fsp3) is 0.481. The van der Waals surface area contributed by atoms with E-state index in [1.54, 1.807) is 13.0 Å². The van der Waals surface area contributed by atoms with E-state index >= 15 is 0 Å².